The predicted molar refractivity (Wildman–Crippen MR) is 86.2 cm³/mol. The molecule has 0 fully saturated rings. The molecule has 0 radical (unpaired) electrons. The lowest BCUT2D eigenvalue weighted by molar-refractivity contribution is -0.123. The van der Waals surface area contributed by atoms with Crippen molar-refractivity contribution in [3.8, 4) is 5.75 Å². The Labute approximate surface area is 130 Å². The van der Waals surface area contributed by atoms with E-state index < -0.39 is 0 Å². The van der Waals surface area contributed by atoms with E-state index in [0.717, 1.165) is 15.8 Å². The number of halogens is 1. The second-order valence-electron chi connectivity index (χ2n) is 6.38. The first kappa shape index (κ1) is 17.0. The van der Waals surface area contributed by atoms with Crippen molar-refractivity contribution in [2.45, 2.75) is 40.0 Å². The molecule has 1 N–H and O–H groups in total. The maximum Gasteiger partial charge on any atom is 0.257 e. The number of ether oxygens (including phenoxy) is 1. The second kappa shape index (κ2) is 7.11. The van der Waals surface area contributed by atoms with Gasteiger partial charge in [0, 0.05) is 16.6 Å². The van der Waals surface area contributed by atoms with Crippen molar-refractivity contribution < 1.29 is 9.53 Å². The van der Waals surface area contributed by atoms with E-state index in [1.807, 2.05) is 18.2 Å². The molecular weight excluding hydrogens is 318 g/mol. The van der Waals surface area contributed by atoms with Gasteiger partial charge < -0.3 is 10.1 Å². The van der Waals surface area contributed by atoms with E-state index in [9.17, 15) is 4.79 Å². The standard InChI is InChI=1S/C16H24BrNO2/c1-11(2)9-18-15(19)10-20-14-7-6-12(17)8-13(14)16(3,4)5/h6-8,11H,9-10H2,1-5H3,(H,18,19). The van der Waals surface area contributed by atoms with Crippen molar-refractivity contribution in [3.63, 3.8) is 0 Å². The van der Waals surface area contributed by atoms with Crippen LogP contribution in [0.4, 0.5) is 0 Å². The van der Waals surface area contributed by atoms with Crippen LogP contribution < -0.4 is 10.1 Å². The van der Waals surface area contributed by atoms with E-state index >= 15 is 0 Å². The van der Waals surface area contributed by atoms with E-state index in [1.165, 1.54) is 0 Å². The van der Waals surface area contributed by atoms with Crippen molar-refractivity contribution in [3.05, 3.63) is 28.2 Å². The molecule has 3 nitrogen and oxygen atoms in total. The average Bonchev–Trinajstić information content (AvgIpc) is 2.33. The zero-order chi connectivity index (χ0) is 15.3. The Bertz CT molecular complexity index is 464. The number of hydrogen-bond donors (Lipinski definition) is 1. The second-order valence-corrected chi connectivity index (χ2v) is 7.29. The molecule has 1 amide bonds. The van der Waals surface area contributed by atoms with Gasteiger partial charge in [-0.1, -0.05) is 50.5 Å². The van der Waals surface area contributed by atoms with Gasteiger partial charge in [-0.3, -0.25) is 4.79 Å². The average molecular weight is 342 g/mol. The van der Waals surface area contributed by atoms with Gasteiger partial charge in [0.05, 0.1) is 0 Å². The maximum absolute atomic E-state index is 11.7. The van der Waals surface area contributed by atoms with Crippen LogP contribution in [0.15, 0.2) is 22.7 Å². The Morgan fingerprint density at radius 3 is 2.55 bits per heavy atom. The minimum Gasteiger partial charge on any atom is -0.483 e. The van der Waals surface area contributed by atoms with E-state index in [0.29, 0.717) is 12.5 Å². The minimum atomic E-state index is -0.0820. The van der Waals surface area contributed by atoms with Gasteiger partial charge in [0.1, 0.15) is 5.75 Å². The first-order valence-corrected chi connectivity index (χ1v) is 7.69. The molecule has 0 atom stereocenters. The largest absolute Gasteiger partial charge is 0.483 e. The highest BCUT2D eigenvalue weighted by atomic mass is 79.9. The zero-order valence-electron chi connectivity index (χ0n) is 12.9. The molecule has 0 heterocycles. The van der Waals surface area contributed by atoms with Crippen molar-refractivity contribution in [1.29, 1.82) is 0 Å². The molecule has 1 rings (SSSR count). The van der Waals surface area contributed by atoms with Crippen LogP contribution in [0.5, 0.6) is 5.75 Å². The van der Waals surface area contributed by atoms with E-state index in [-0.39, 0.29) is 17.9 Å². The number of nitrogens with one attached hydrogen (secondary N) is 1. The molecule has 0 spiro atoms. The molecule has 20 heavy (non-hydrogen) atoms. The Morgan fingerprint density at radius 2 is 2.00 bits per heavy atom. The van der Waals surface area contributed by atoms with Gasteiger partial charge in [0.15, 0.2) is 6.61 Å². The number of hydrogen-bond acceptors (Lipinski definition) is 2. The summed E-state index contributed by atoms with van der Waals surface area (Å²) in [5.41, 5.74) is 1.05. The summed E-state index contributed by atoms with van der Waals surface area (Å²) in [6, 6.07) is 5.87. The van der Waals surface area contributed by atoms with Crippen molar-refractivity contribution >= 4 is 21.8 Å². The van der Waals surface area contributed by atoms with Gasteiger partial charge in [-0.25, -0.2) is 0 Å². The Morgan fingerprint density at radius 1 is 1.35 bits per heavy atom. The smallest absolute Gasteiger partial charge is 0.257 e. The molecule has 112 valence electrons. The molecule has 0 aliphatic carbocycles. The first-order chi connectivity index (χ1) is 9.20. The molecule has 1 aromatic carbocycles. The molecule has 0 aliphatic rings. The molecule has 1 aromatic rings. The van der Waals surface area contributed by atoms with Gasteiger partial charge in [0.2, 0.25) is 0 Å². The van der Waals surface area contributed by atoms with Crippen LogP contribution in [0.2, 0.25) is 0 Å². The highest BCUT2D eigenvalue weighted by Gasteiger charge is 2.19. The third kappa shape index (κ3) is 5.53. The summed E-state index contributed by atoms with van der Waals surface area (Å²) in [6.45, 7) is 11.2. The topological polar surface area (TPSA) is 38.3 Å². The summed E-state index contributed by atoms with van der Waals surface area (Å²) in [5, 5.41) is 2.85. The maximum atomic E-state index is 11.7. The molecule has 0 unspecified atom stereocenters. The molecule has 0 saturated heterocycles. The van der Waals surface area contributed by atoms with Crippen LogP contribution in [0, 0.1) is 5.92 Å². The third-order valence-corrected chi connectivity index (χ3v) is 3.31. The summed E-state index contributed by atoms with van der Waals surface area (Å²) in [4.78, 5) is 11.7. The summed E-state index contributed by atoms with van der Waals surface area (Å²) >= 11 is 3.47. The Balaban J connectivity index is 2.71. The molecule has 0 aromatic heterocycles. The molecule has 0 saturated carbocycles. The summed E-state index contributed by atoms with van der Waals surface area (Å²) < 4.78 is 6.69. The normalized spacial score (nSPS) is 11.6. The quantitative estimate of drug-likeness (QED) is 0.881. The van der Waals surface area contributed by atoms with Crippen LogP contribution in [0.25, 0.3) is 0 Å². The van der Waals surface area contributed by atoms with Crippen LogP contribution in [-0.4, -0.2) is 19.1 Å². The lowest BCUT2D eigenvalue weighted by Crippen LogP contribution is -2.32. The molecule has 4 heteroatoms. The van der Waals surface area contributed by atoms with Crippen LogP contribution in [-0.2, 0) is 10.2 Å². The van der Waals surface area contributed by atoms with E-state index in [1.54, 1.807) is 0 Å². The van der Waals surface area contributed by atoms with Gasteiger partial charge >= 0.3 is 0 Å². The summed E-state index contributed by atoms with van der Waals surface area (Å²) in [5.74, 6) is 1.12. The van der Waals surface area contributed by atoms with Crippen LogP contribution >= 0.6 is 15.9 Å². The lowest BCUT2D eigenvalue weighted by atomic mass is 9.86. The third-order valence-electron chi connectivity index (χ3n) is 2.82. The zero-order valence-corrected chi connectivity index (χ0v) is 14.5. The van der Waals surface area contributed by atoms with Crippen LogP contribution in [0.1, 0.15) is 40.2 Å². The first-order valence-electron chi connectivity index (χ1n) is 6.89. The van der Waals surface area contributed by atoms with Gasteiger partial charge in [0.25, 0.3) is 5.91 Å². The highest BCUT2D eigenvalue weighted by molar-refractivity contribution is 9.10. The SMILES string of the molecule is CC(C)CNC(=O)COc1ccc(Br)cc1C(C)(C)C. The van der Waals surface area contributed by atoms with Crippen LogP contribution in [0.3, 0.4) is 0 Å². The van der Waals surface area contributed by atoms with Gasteiger partial charge in [-0.15, -0.1) is 0 Å². The van der Waals surface area contributed by atoms with Crippen molar-refractivity contribution in [1.82, 2.24) is 5.32 Å². The molecular formula is C16H24BrNO2. The van der Waals surface area contributed by atoms with E-state index in [2.05, 4.69) is 55.9 Å². The molecule has 0 bridgehead atoms. The monoisotopic (exact) mass is 341 g/mol. The fourth-order valence-electron chi connectivity index (χ4n) is 1.73. The number of benzene rings is 1. The highest BCUT2D eigenvalue weighted by Crippen LogP contribution is 2.33. The van der Waals surface area contributed by atoms with Gasteiger partial charge in [-0.05, 0) is 29.5 Å². The number of carbonyl (C=O) groups excluding carboxylic acids is 1. The Hall–Kier alpha value is -1.03. The number of rotatable bonds is 5. The predicted octanol–water partition coefficient (Wildman–Crippen LogP) is 3.90. The lowest BCUT2D eigenvalue weighted by Gasteiger charge is -2.23. The minimum absolute atomic E-state index is 0.0342. The van der Waals surface area contributed by atoms with Gasteiger partial charge in [-0.2, -0.15) is 0 Å². The molecule has 0 aliphatic heterocycles. The van der Waals surface area contributed by atoms with Crippen molar-refractivity contribution in [2.24, 2.45) is 5.92 Å². The van der Waals surface area contributed by atoms with E-state index in [4.69, 9.17) is 4.74 Å². The summed E-state index contributed by atoms with van der Waals surface area (Å²) in [6.07, 6.45) is 0. The fourth-order valence-corrected chi connectivity index (χ4v) is 2.09. The summed E-state index contributed by atoms with van der Waals surface area (Å²) in [7, 11) is 0. The van der Waals surface area contributed by atoms with Crippen molar-refractivity contribution in [2.75, 3.05) is 13.2 Å². The Kier molecular flexibility index (Phi) is 6.06. The fraction of sp³-hybridized carbons (Fsp3) is 0.562. The number of carbonyl (C=O) groups is 1. The number of amides is 1.